The van der Waals surface area contributed by atoms with Gasteiger partial charge in [0.25, 0.3) is 5.91 Å². The van der Waals surface area contributed by atoms with E-state index in [-0.39, 0.29) is 37.0 Å². The van der Waals surface area contributed by atoms with Gasteiger partial charge in [-0.25, -0.2) is 17.2 Å². The van der Waals surface area contributed by atoms with E-state index in [0.717, 1.165) is 21.3 Å². The summed E-state index contributed by atoms with van der Waals surface area (Å²) in [6.07, 6.45) is 0. The smallest absolute Gasteiger partial charge is 0.255 e. The van der Waals surface area contributed by atoms with Gasteiger partial charge < -0.3 is 4.90 Å². The molecule has 0 atom stereocenters. The Labute approximate surface area is 200 Å². The fraction of sp³-hybridized carbons (Fsp3) is 0.167. The first-order valence-corrected chi connectivity index (χ1v) is 12.6. The van der Waals surface area contributed by atoms with Gasteiger partial charge in [-0.2, -0.15) is 9.57 Å². The summed E-state index contributed by atoms with van der Waals surface area (Å²) >= 11 is 1.32. The lowest BCUT2D eigenvalue weighted by Crippen LogP contribution is -2.50. The highest BCUT2D eigenvalue weighted by Crippen LogP contribution is 2.33. The molecular weight excluding hydrogens is 480 g/mol. The molecule has 0 unspecified atom stereocenters. The van der Waals surface area contributed by atoms with Crippen LogP contribution in [0.5, 0.6) is 0 Å². The molecule has 34 heavy (non-hydrogen) atoms. The van der Waals surface area contributed by atoms with Gasteiger partial charge in [-0.05, 0) is 42.5 Å². The van der Waals surface area contributed by atoms with E-state index in [2.05, 4.69) is 6.07 Å². The molecule has 3 aromatic carbocycles. The molecule has 3 aromatic rings. The van der Waals surface area contributed by atoms with Crippen LogP contribution in [0.3, 0.4) is 0 Å². The maximum absolute atomic E-state index is 13.5. The lowest BCUT2D eigenvalue weighted by Gasteiger charge is -2.34. The van der Waals surface area contributed by atoms with Crippen LogP contribution in [-0.2, 0) is 10.0 Å². The van der Waals surface area contributed by atoms with Crippen LogP contribution in [0.1, 0.15) is 15.9 Å². The number of benzene rings is 3. The molecule has 0 bridgehead atoms. The number of nitrogens with zero attached hydrogens (tertiary/aromatic N) is 3. The number of carbonyl (C=O) groups excluding carboxylic acids is 1. The van der Waals surface area contributed by atoms with Crippen molar-refractivity contribution in [1.82, 2.24) is 9.21 Å². The van der Waals surface area contributed by atoms with Gasteiger partial charge in [0.05, 0.1) is 16.0 Å². The normalized spacial score (nSPS) is 14.6. The van der Waals surface area contributed by atoms with Crippen LogP contribution in [-0.4, -0.2) is 49.7 Å². The van der Waals surface area contributed by atoms with Crippen LogP contribution in [0.25, 0.3) is 0 Å². The van der Waals surface area contributed by atoms with E-state index in [1.807, 2.05) is 12.1 Å². The molecule has 0 saturated carbocycles. The van der Waals surface area contributed by atoms with Crippen molar-refractivity contribution >= 4 is 27.7 Å². The Bertz CT molecular complexity index is 1380. The van der Waals surface area contributed by atoms with Crippen LogP contribution in [0.2, 0.25) is 0 Å². The van der Waals surface area contributed by atoms with Crippen molar-refractivity contribution in [3.8, 4) is 6.07 Å². The summed E-state index contributed by atoms with van der Waals surface area (Å²) in [6, 6.07) is 18.8. The van der Waals surface area contributed by atoms with E-state index < -0.39 is 21.7 Å². The molecule has 1 saturated heterocycles. The maximum Gasteiger partial charge on any atom is 0.255 e. The van der Waals surface area contributed by atoms with Crippen molar-refractivity contribution in [3.63, 3.8) is 0 Å². The summed E-state index contributed by atoms with van der Waals surface area (Å²) in [7, 11) is -4.02. The second-order valence-corrected chi connectivity index (χ2v) is 10.5. The van der Waals surface area contributed by atoms with Gasteiger partial charge in [-0.15, -0.1) is 0 Å². The molecule has 1 fully saturated rings. The molecule has 0 radical (unpaired) electrons. The van der Waals surface area contributed by atoms with Crippen LogP contribution >= 0.6 is 11.8 Å². The van der Waals surface area contributed by atoms with E-state index in [4.69, 9.17) is 0 Å². The summed E-state index contributed by atoms with van der Waals surface area (Å²) in [5, 5.41) is 9.35. The van der Waals surface area contributed by atoms with Crippen molar-refractivity contribution in [3.05, 3.63) is 89.5 Å². The minimum Gasteiger partial charge on any atom is -0.336 e. The molecule has 1 heterocycles. The third-order valence-corrected chi connectivity index (χ3v) is 8.45. The van der Waals surface area contributed by atoms with Crippen LogP contribution in [0.4, 0.5) is 8.78 Å². The monoisotopic (exact) mass is 499 g/mol. The lowest BCUT2D eigenvalue weighted by molar-refractivity contribution is 0.0694. The van der Waals surface area contributed by atoms with E-state index >= 15 is 0 Å². The number of hydrogen-bond acceptors (Lipinski definition) is 5. The molecule has 0 N–H and O–H groups in total. The molecule has 0 aromatic heterocycles. The number of carbonyl (C=O) groups is 1. The number of sulfonamides is 1. The minimum absolute atomic E-state index is 0.0274. The second kappa shape index (κ2) is 9.93. The lowest BCUT2D eigenvalue weighted by atomic mass is 10.2. The summed E-state index contributed by atoms with van der Waals surface area (Å²) < 4.78 is 53.5. The summed E-state index contributed by atoms with van der Waals surface area (Å²) in [6.45, 7) is 0.352. The Kier molecular flexibility index (Phi) is 6.97. The van der Waals surface area contributed by atoms with Gasteiger partial charge in [0.2, 0.25) is 10.0 Å². The van der Waals surface area contributed by atoms with Crippen LogP contribution < -0.4 is 0 Å². The van der Waals surface area contributed by atoms with Crippen molar-refractivity contribution < 1.29 is 22.0 Å². The molecule has 174 valence electrons. The second-order valence-electron chi connectivity index (χ2n) is 7.48. The van der Waals surface area contributed by atoms with Crippen LogP contribution in [0, 0.1) is 23.0 Å². The van der Waals surface area contributed by atoms with E-state index in [1.54, 1.807) is 41.3 Å². The zero-order valence-corrected chi connectivity index (χ0v) is 19.5. The number of halogens is 2. The molecular formula is C24H19F2N3O3S2. The zero-order chi connectivity index (χ0) is 24.3. The van der Waals surface area contributed by atoms with E-state index in [1.165, 1.54) is 11.8 Å². The fourth-order valence-corrected chi connectivity index (χ4v) is 6.04. The first-order valence-electron chi connectivity index (χ1n) is 10.3. The summed E-state index contributed by atoms with van der Waals surface area (Å²) in [4.78, 5) is 15.9. The minimum atomic E-state index is -4.02. The van der Waals surface area contributed by atoms with Gasteiger partial charge in [0.15, 0.2) is 11.6 Å². The van der Waals surface area contributed by atoms with Crippen molar-refractivity contribution in [1.29, 1.82) is 5.26 Å². The van der Waals surface area contributed by atoms with Gasteiger partial charge in [0, 0.05) is 36.0 Å². The molecule has 1 amide bonds. The molecule has 1 aliphatic rings. The third kappa shape index (κ3) is 4.82. The average molecular weight is 500 g/mol. The SMILES string of the molecule is N#Cc1ccccc1Sc1ccccc1C(=O)N1CCN(S(=O)(=O)c2ccc(F)c(F)c2)CC1. The molecule has 0 spiro atoms. The Morgan fingerprint density at radius 3 is 2.21 bits per heavy atom. The first kappa shape index (κ1) is 23.9. The van der Waals surface area contributed by atoms with Crippen LogP contribution in [0.15, 0.2) is 81.4 Å². The summed E-state index contributed by atoms with van der Waals surface area (Å²) in [5.74, 6) is -2.60. The highest BCUT2D eigenvalue weighted by atomic mass is 32.2. The average Bonchev–Trinajstić information content (AvgIpc) is 2.86. The molecule has 0 aliphatic carbocycles. The number of hydrogen-bond donors (Lipinski definition) is 0. The molecule has 4 rings (SSSR count). The Balaban J connectivity index is 1.49. The number of nitriles is 1. The standard InChI is InChI=1S/C24H19F2N3O3S2/c25-20-10-9-18(15-21(20)26)34(31,32)29-13-11-28(12-14-29)24(30)19-6-2-4-8-23(19)33-22-7-3-1-5-17(22)16-27/h1-10,15H,11-14H2. The molecule has 10 heteroatoms. The van der Waals surface area contributed by atoms with Crippen molar-refractivity contribution in [2.45, 2.75) is 14.7 Å². The van der Waals surface area contributed by atoms with Crippen molar-refractivity contribution in [2.24, 2.45) is 0 Å². The van der Waals surface area contributed by atoms with E-state index in [9.17, 15) is 27.3 Å². The quantitative estimate of drug-likeness (QED) is 0.527. The predicted molar refractivity (Wildman–Crippen MR) is 123 cm³/mol. The van der Waals surface area contributed by atoms with E-state index in [0.29, 0.717) is 22.1 Å². The summed E-state index contributed by atoms with van der Waals surface area (Å²) in [5.41, 5.74) is 0.961. The fourth-order valence-electron chi connectivity index (χ4n) is 3.59. The van der Waals surface area contributed by atoms with Gasteiger partial charge in [-0.3, -0.25) is 4.79 Å². The Morgan fingerprint density at radius 2 is 1.53 bits per heavy atom. The van der Waals surface area contributed by atoms with Gasteiger partial charge in [0.1, 0.15) is 6.07 Å². The maximum atomic E-state index is 13.5. The zero-order valence-electron chi connectivity index (χ0n) is 17.8. The third-order valence-electron chi connectivity index (χ3n) is 5.40. The van der Waals surface area contributed by atoms with Gasteiger partial charge >= 0.3 is 0 Å². The Morgan fingerprint density at radius 1 is 0.882 bits per heavy atom. The number of rotatable bonds is 5. The number of amides is 1. The number of piperazine rings is 1. The topological polar surface area (TPSA) is 81.5 Å². The van der Waals surface area contributed by atoms with Gasteiger partial charge in [-0.1, -0.05) is 36.0 Å². The predicted octanol–water partition coefficient (Wildman–Crippen LogP) is 4.13. The Hall–Kier alpha value is -3.26. The highest BCUT2D eigenvalue weighted by molar-refractivity contribution is 7.99. The van der Waals surface area contributed by atoms with Crippen molar-refractivity contribution in [2.75, 3.05) is 26.2 Å². The largest absolute Gasteiger partial charge is 0.336 e. The first-order chi connectivity index (χ1) is 16.3. The highest BCUT2D eigenvalue weighted by Gasteiger charge is 2.31. The molecule has 6 nitrogen and oxygen atoms in total. The molecule has 1 aliphatic heterocycles.